The van der Waals surface area contributed by atoms with Crippen LogP contribution in [0.5, 0.6) is 28.7 Å². The first kappa shape index (κ1) is 15.7. The van der Waals surface area contributed by atoms with Gasteiger partial charge >= 0.3 is 0 Å². The van der Waals surface area contributed by atoms with Crippen LogP contribution >= 0.6 is 0 Å². The van der Waals surface area contributed by atoms with Crippen LogP contribution in [-0.4, -0.2) is 19.0 Å². The zero-order chi connectivity index (χ0) is 17.6. The van der Waals surface area contributed by atoms with Gasteiger partial charge in [0.1, 0.15) is 17.6 Å². The molecule has 0 saturated heterocycles. The highest BCUT2D eigenvalue weighted by Crippen LogP contribution is 2.51. The summed E-state index contributed by atoms with van der Waals surface area (Å²) in [6.45, 7) is 6.05. The van der Waals surface area contributed by atoms with Crippen molar-refractivity contribution in [2.24, 2.45) is 0 Å². The van der Waals surface area contributed by atoms with Gasteiger partial charge in [-0.15, -0.1) is 6.58 Å². The molecule has 130 valence electrons. The molecule has 1 N–H and O–H groups in total. The number of phenolic OH excluding ortho intramolecular Hbond substituents is 1. The molecule has 2 heterocycles. The molecule has 0 fully saturated rings. The largest absolute Gasteiger partial charge is 0.508 e. The van der Waals surface area contributed by atoms with Crippen LogP contribution in [0.25, 0.3) is 0 Å². The summed E-state index contributed by atoms with van der Waals surface area (Å²) < 4.78 is 22.5. The first-order valence-electron chi connectivity index (χ1n) is 8.23. The summed E-state index contributed by atoms with van der Waals surface area (Å²) in [5.74, 6) is 2.99. The molecule has 0 radical (unpaired) electrons. The molecule has 5 heteroatoms. The Balaban J connectivity index is 1.72. The summed E-state index contributed by atoms with van der Waals surface area (Å²) in [6.07, 6.45) is 2.22. The minimum atomic E-state index is -0.184. The number of aromatic hydroxyl groups is 1. The van der Waals surface area contributed by atoms with Gasteiger partial charge in [-0.3, -0.25) is 0 Å². The Morgan fingerprint density at radius 2 is 2.08 bits per heavy atom. The number of phenols is 1. The van der Waals surface area contributed by atoms with Gasteiger partial charge in [0.25, 0.3) is 0 Å². The highest BCUT2D eigenvalue weighted by Gasteiger charge is 2.35. The van der Waals surface area contributed by atoms with Gasteiger partial charge in [0.05, 0.1) is 7.11 Å². The number of rotatable bonds is 4. The van der Waals surface area contributed by atoms with Crippen LogP contribution in [0.1, 0.15) is 35.6 Å². The fourth-order valence-electron chi connectivity index (χ4n) is 3.48. The lowest BCUT2D eigenvalue weighted by atomic mass is 9.91. The summed E-state index contributed by atoms with van der Waals surface area (Å²) in [7, 11) is 1.61. The summed E-state index contributed by atoms with van der Waals surface area (Å²) in [4.78, 5) is 0. The molecule has 4 rings (SSSR count). The molecule has 2 aliphatic heterocycles. The van der Waals surface area contributed by atoms with E-state index in [4.69, 9.17) is 18.9 Å². The number of methoxy groups -OCH3 is 1. The van der Waals surface area contributed by atoms with E-state index in [1.165, 1.54) is 0 Å². The Morgan fingerprint density at radius 3 is 2.84 bits per heavy atom. The second kappa shape index (κ2) is 5.92. The lowest BCUT2D eigenvalue weighted by Gasteiger charge is -2.17. The van der Waals surface area contributed by atoms with Crippen molar-refractivity contribution in [1.29, 1.82) is 0 Å². The monoisotopic (exact) mass is 340 g/mol. The standard InChI is InChI=1S/C20H20O5/c1-4-5-12-6-14-11(2)19(25-16(14)9-15(12)21)13-7-17(22-3)20-18(8-13)23-10-24-20/h4,6-9,11,19,21H,1,5,10H2,2-3H3/t11-,19-/m0/s1. The molecule has 0 aromatic heterocycles. The van der Waals surface area contributed by atoms with E-state index < -0.39 is 0 Å². The van der Waals surface area contributed by atoms with E-state index in [0.29, 0.717) is 29.4 Å². The quantitative estimate of drug-likeness (QED) is 0.850. The summed E-state index contributed by atoms with van der Waals surface area (Å²) >= 11 is 0. The zero-order valence-corrected chi connectivity index (χ0v) is 14.2. The maximum atomic E-state index is 10.2. The van der Waals surface area contributed by atoms with E-state index in [2.05, 4.69) is 13.5 Å². The zero-order valence-electron chi connectivity index (χ0n) is 14.2. The van der Waals surface area contributed by atoms with Crippen LogP contribution in [0.2, 0.25) is 0 Å². The third-order valence-corrected chi connectivity index (χ3v) is 4.78. The Hall–Kier alpha value is -2.82. The lowest BCUT2D eigenvalue weighted by Crippen LogP contribution is -2.07. The predicted molar refractivity (Wildman–Crippen MR) is 92.9 cm³/mol. The van der Waals surface area contributed by atoms with Crippen LogP contribution in [-0.2, 0) is 6.42 Å². The molecular weight excluding hydrogens is 320 g/mol. The van der Waals surface area contributed by atoms with Crippen molar-refractivity contribution >= 4 is 0 Å². The lowest BCUT2D eigenvalue weighted by molar-refractivity contribution is 0.171. The van der Waals surface area contributed by atoms with Crippen LogP contribution in [0.3, 0.4) is 0 Å². The van der Waals surface area contributed by atoms with Gasteiger partial charge in [0.2, 0.25) is 12.5 Å². The highest BCUT2D eigenvalue weighted by atomic mass is 16.7. The highest BCUT2D eigenvalue weighted by molar-refractivity contribution is 5.57. The molecule has 0 unspecified atom stereocenters. The Labute approximate surface area is 146 Å². The van der Waals surface area contributed by atoms with Crippen molar-refractivity contribution in [3.8, 4) is 28.7 Å². The Kier molecular flexibility index (Phi) is 3.71. The SMILES string of the molecule is C=CCc1cc2c(cc1O)O[C@H](c1cc(OC)c3c(c1)OCO3)[C@H]2C. The number of hydrogen-bond donors (Lipinski definition) is 1. The molecule has 0 bridgehead atoms. The number of benzene rings is 2. The number of allylic oxidation sites excluding steroid dienone is 1. The third kappa shape index (κ3) is 2.47. The topological polar surface area (TPSA) is 57.2 Å². The van der Waals surface area contributed by atoms with Gasteiger partial charge in [-0.2, -0.15) is 0 Å². The molecule has 2 atom stereocenters. The normalized spacial score (nSPS) is 20.1. The molecule has 2 aliphatic rings. The van der Waals surface area contributed by atoms with Crippen molar-refractivity contribution < 1.29 is 24.1 Å². The fourth-order valence-corrected chi connectivity index (χ4v) is 3.48. The second-order valence-corrected chi connectivity index (χ2v) is 6.30. The van der Waals surface area contributed by atoms with E-state index in [9.17, 15) is 5.11 Å². The third-order valence-electron chi connectivity index (χ3n) is 4.78. The molecule has 2 aromatic carbocycles. The van der Waals surface area contributed by atoms with Crippen LogP contribution in [0.15, 0.2) is 36.9 Å². The molecule has 2 aromatic rings. The molecule has 0 amide bonds. The minimum Gasteiger partial charge on any atom is -0.508 e. The van der Waals surface area contributed by atoms with Crippen LogP contribution in [0, 0.1) is 0 Å². The van der Waals surface area contributed by atoms with E-state index in [0.717, 1.165) is 16.7 Å². The maximum absolute atomic E-state index is 10.2. The van der Waals surface area contributed by atoms with Crippen molar-refractivity contribution in [2.75, 3.05) is 13.9 Å². The van der Waals surface area contributed by atoms with Gasteiger partial charge in [0.15, 0.2) is 11.5 Å². The maximum Gasteiger partial charge on any atom is 0.231 e. The van der Waals surface area contributed by atoms with Crippen molar-refractivity contribution in [3.05, 3.63) is 53.6 Å². The second-order valence-electron chi connectivity index (χ2n) is 6.30. The van der Waals surface area contributed by atoms with Gasteiger partial charge in [-0.1, -0.05) is 13.0 Å². The first-order chi connectivity index (χ1) is 12.1. The molecule has 25 heavy (non-hydrogen) atoms. The number of ether oxygens (including phenoxy) is 4. The molecule has 0 saturated carbocycles. The van der Waals surface area contributed by atoms with Gasteiger partial charge in [-0.25, -0.2) is 0 Å². The van der Waals surface area contributed by atoms with Gasteiger partial charge in [-0.05, 0) is 30.2 Å². The minimum absolute atomic E-state index is 0.129. The number of fused-ring (bicyclic) bond motifs is 2. The summed E-state index contributed by atoms with van der Waals surface area (Å²) in [5.41, 5.74) is 2.89. The van der Waals surface area contributed by atoms with Crippen LogP contribution < -0.4 is 18.9 Å². The van der Waals surface area contributed by atoms with Crippen molar-refractivity contribution in [1.82, 2.24) is 0 Å². The van der Waals surface area contributed by atoms with Gasteiger partial charge in [0, 0.05) is 23.1 Å². The van der Waals surface area contributed by atoms with E-state index in [1.807, 2.05) is 18.2 Å². The van der Waals surface area contributed by atoms with Crippen molar-refractivity contribution in [2.45, 2.75) is 25.4 Å². The molecule has 5 nitrogen and oxygen atoms in total. The predicted octanol–water partition coefficient (Wildman–Crippen LogP) is 4.10. The van der Waals surface area contributed by atoms with E-state index in [-0.39, 0.29) is 24.6 Å². The van der Waals surface area contributed by atoms with Crippen LogP contribution in [0.4, 0.5) is 0 Å². The Bertz CT molecular complexity index is 842. The van der Waals surface area contributed by atoms with E-state index in [1.54, 1.807) is 19.3 Å². The van der Waals surface area contributed by atoms with E-state index >= 15 is 0 Å². The first-order valence-corrected chi connectivity index (χ1v) is 8.23. The van der Waals surface area contributed by atoms with Gasteiger partial charge < -0.3 is 24.1 Å². The average Bonchev–Trinajstić information content (AvgIpc) is 3.20. The molecular formula is C20H20O5. The Morgan fingerprint density at radius 1 is 1.24 bits per heavy atom. The number of hydrogen-bond acceptors (Lipinski definition) is 5. The summed E-state index contributed by atoms with van der Waals surface area (Å²) in [6, 6.07) is 7.55. The average molecular weight is 340 g/mol. The molecule has 0 spiro atoms. The fraction of sp³-hybridized carbons (Fsp3) is 0.300. The molecule has 0 aliphatic carbocycles. The summed E-state index contributed by atoms with van der Waals surface area (Å²) in [5, 5.41) is 10.2. The van der Waals surface area contributed by atoms with Crippen molar-refractivity contribution in [3.63, 3.8) is 0 Å². The smallest absolute Gasteiger partial charge is 0.231 e.